The van der Waals surface area contributed by atoms with E-state index in [1.165, 1.54) is 15.6 Å². The number of rotatable bonds is 1. The zero-order valence-electron chi connectivity index (χ0n) is 7.29. The number of hydrogen-bond donors (Lipinski definition) is 1. The van der Waals surface area contributed by atoms with Crippen molar-refractivity contribution in [3.05, 3.63) is 33.8 Å². The van der Waals surface area contributed by atoms with E-state index in [2.05, 4.69) is 28.1 Å². The molecular weight excluding hydrogens is 230 g/mol. The number of fused-ring (bicyclic) bond motifs is 1. The first kappa shape index (κ1) is 9.19. The highest BCUT2D eigenvalue weighted by atomic mass is 79.9. The predicted octanol–water partition coefficient (Wildman–Crippen LogP) is 2.02. The summed E-state index contributed by atoms with van der Waals surface area (Å²) in [6, 6.07) is 6.19. The SMILES string of the molecule is NC[C@@H]1OCCc2c(Br)cccc21. The quantitative estimate of drug-likeness (QED) is 0.817. The molecule has 1 aliphatic heterocycles. The third kappa shape index (κ3) is 1.64. The monoisotopic (exact) mass is 241 g/mol. The minimum absolute atomic E-state index is 0.0845. The second-order valence-electron chi connectivity index (χ2n) is 3.15. The first-order valence-electron chi connectivity index (χ1n) is 4.42. The zero-order chi connectivity index (χ0) is 9.26. The Hall–Kier alpha value is -0.380. The van der Waals surface area contributed by atoms with E-state index in [1.807, 2.05) is 6.07 Å². The lowest BCUT2D eigenvalue weighted by Gasteiger charge is -2.25. The summed E-state index contributed by atoms with van der Waals surface area (Å²) >= 11 is 3.54. The lowest BCUT2D eigenvalue weighted by molar-refractivity contribution is 0.0483. The Balaban J connectivity index is 2.45. The molecule has 0 saturated heterocycles. The highest BCUT2D eigenvalue weighted by molar-refractivity contribution is 9.10. The van der Waals surface area contributed by atoms with E-state index in [0.29, 0.717) is 6.54 Å². The molecule has 0 spiro atoms. The van der Waals surface area contributed by atoms with Gasteiger partial charge in [0.2, 0.25) is 0 Å². The van der Waals surface area contributed by atoms with Gasteiger partial charge in [-0.15, -0.1) is 0 Å². The third-order valence-electron chi connectivity index (χ3n) is 2.39. The van der Waals surface area contributed by atoms with E-state index in [0.717, 1.165) is 13.0 Å². The van der Waals surface area contributed by atoms with Gasteiger partial charge in [0.15, 0.2) is 0 Å². The van der Waals surface area contributed by atoms with E-state index in [9.17, 15) is 0 Å². The Morgan fingerprint density at radius 1 is 1.54 bits per heavy atom. The van der Waals surface area contributed by atoms with Crippen molar-refractivity contribution in [2.45, 2.75) is 12.5 Å². The Morgan fingerprint density at radius 3 is 3.15 bits per heavy atom. The van der Waals surface area contributed by atoms with Crippen molar-refractivity contribution >= 4 is 15.9 Å². The van der Waals surface area contributed by atoms with Crippen LogP contribution in [-0.4, -0.2) is 13.2 Å². The van der Waals surface area contributed by atoms with Crippen LogP contribution in [0.4, 0.5) is 0 Å². The number of benzene rings is 1. The van der Waals surface area contributed by atoms with Crippen molar-refractivity contribution in [1.29, 1.82) is 0 Å². The van der Waals surface area contributed by atoms with Gasteiger partial charge in [0.1, 0.15) is 0 Å². The van der Waals surface area contributed by atoms with Gasteiger partial charge >= 0.3 is 0 Å². The van der Waals surface area contributed by atoms with Gasteiger partial charge in [-0.2, -0.15) is 0 Å². The summed E-state index contributed by atoms with van der Waals surface area (Å²) < 4.78 is 6.74. The standard InChI is InChI=1S/C10H12BrNO/c11-9-3-1-2-8-7(9)4-5-13-10(8)6-12/h1-3,10H,4-6,12H2/t10-/m0/s1. The molecule has 1 aliphatic rings. The van der Waals surface area contributed by atoms with Crippen LogP contribution in [0.15, 0.2) is 22.7 Å². The summed E-state index contributed by atoms with van der Waals surface area (Å²) in [6.45, 7) is 1.33. The van der Waals surface area contributed by atoms with Crippen LogP contribution >= 0.6 is 15.9 Å². The van der Waals surface area contributed by atoms with E-state index in [-0.39, 0.29) is 6.10 Å². The molecule has 1 aromatic carbocycles. The first-order valence-corrected chi connectivity index (χ1v) is 5.21. The van der Waals surface area contributed by atoms with Crippen LogP contribution in [0.5, 0.6) is 0 Å². The molecule has 2 nitrogen and oxygen atoms in total. The van der Waals surface area contributed by atoms with Gasteiger partial charge in [0.05, 0.1) is 12.7 Å². The van der Waals surface area contributed by atoms with Gasteiger partial charge in [-0.05, 0) is 23.6 Å². The average Bonchev–Trinajstić information content (AvgIpc) is 2.18. The van der Waals surface area contributed by atoms with E-state index < -0.39 is 0 Å². The van der Waals surface area contributed by atoms with Crippen LogP contribution in [0.3, 0.4) is 0 Å². The molecule has 0 radical (unpaired) electrons. The maximum atomic E-state index is 5.63. The normalized spacial score (nSPS) is 21.2. The maximum absolute atomic E-state index is 5.63. The van der Waals surface area contributed by atoms with Crippen molar-refractivity contribution in [3.8, 4) is 0 Å². The Bertz CT molecular complexity index is 314. The third-order valence-corrected chi connectivity index (χ3v) is 3.13. The topological polar surface area (TPSA) is 35.2 Å². The van der Waals surface area contributed by atoms with Crippen molar-refractivity contribution in [2.24, 2.45) is 5.73 Å². The lowest BCUT2D eigenvalue weighted by Crippen LogP contribution is -2.23. The molecule has 0 unspecified atom stereocenters. The fraction of sp³-hybridized carbons (Fsp3) is 0.400. The smallest absolute Gasteiger partial charge is 0.0950 e. The molecule has 0 fully saturated rings. The molecule has 13 heavy (non-hydrogen) atoms. The Labute approximate surface area is 86.2 Å². The van der Waals surface area contributed by atoms with Crippen molar-refractivity contribution in [1.82, 2.24) is 0 Å². The minimum atomic E-state index is 0.0845. The van der Waals surface area contributed by atoms with Crippen LogP contribution in [0.1, 0.15) is 17.2 Å². The van der Waals surface area contributed by atoms with Crippen LogP contribution in [0.25, 0.3) is 0 Å². The van der Waals surface area contributed by atoms with Crippen LogP contribution in [0, 0.1) is 0 Å². The van der Waals surface area contributed by atoms with Crippen molar-refractivity contribution in [3.63, 3.8) is 0 Å². The van der Waals surface area contributed by atoms with Gasteiger partial charge in [-0.1, -0.05) is 28.1 Å². The number of halogens is 1. The van der Waals surface area contributed by atoms with Crippen LogP contribution in [0.2, 0.25) is 0 Å². The maximum Gasteiger partial charge on any atom is 0.0950 e. The van der Waals surface area contributed by atoms with Gasteiger partial charge in [0.25, 0.3) is 0 Å². The second-order valence-corrected chi connectivity index (χ2v) is 4.01. The second kappa shape index (κ2) is 3.78. The minimum Gasteiger partial charge on any atom is -0.372 e. The molecule has 0 aliphatic carbocycles. The highest BCUT2D eigenvalue weighted by Crippen LogP contribution is 2.31. The summed E-state index contributed by atoms with van der Waals surface area (Å²) in [5.74, 6) is 0. The molecule has 2 N–H and O–H groups in total. The van der Waals surface area contributed by atoms with E-state index in [4.69, 9.17) is 10.5 Å². The summed E-state index contributed by atoms with van der Waals surface area (Å²) in [6.07, 6.45) is 1.06. The number of ether oxygens (including phenoxy) is 1. The van der Waals surface area contributed by atoms with Crippen LogP contribution < -0.4 is 5.73 Å². The summed E-state index contributed by atoms with van der Waals surface area (Å²) in [4.78, 5) is 0. The summed E-state index contributed by atoms with van der Waals surface area (Å²) in [7, 11) is 0. The van der Waals surface area contributed by atoms with Gasteiger partial charge in [0, 0.05) is 11.0 Å². The molecule has 1 aromatic rings. The first-order chi connectivity index (χ1) is 6.33. The molecule has 70 valence electrons. The van der Waals surface area contributed by atoms with Crippen molar-refractivity contribution < 1.29 is 4.74 Å². The summed E-state index contributed by atoms with van der Waals surface area (Å²) in [5.41, 5.74) is 8.22. The molecule has 1 atom stereocenters. The van der Waals surface area contributed by atoms with Crippen molar-refractivity contribution in [2.75, 3.05) is 13.2 Å². The van der Waals surface area contributed by atoms with E-state index >= 15 is 0 Å². The Morgan fingerprint density at radius 2 is 2.38 bits per heavy atom. The molecule has 0 amide bonds. The molecule has 0 saturated carbocycles. The Kier molecular flexibility index (Phi) is 2.67. The van der Waals surface area contributed by atoms with Gasteiger partial charge < -0.3 is 10.5 Å². The van der Waals surface area contributed by atoms with Gasteiger partial charge in [-0.25, -0.2) is 0 Å². The summed E-state index contributed by atoms with van der Waals surface area (Å²) in [5, 5.41) is 0. The molecule has 0 bridgehead atoms. The fourth-order valence-electron chi connectivity index (χ4n) is 1.73. The molecule has 0 aromatic heterocycles. The van der Waals surface area contributed by atoms with E-state index in [1.54, 1.807) is 0 Å². The number of hydrogen-bond acceptors (Lipinski definition) is 2. The fourth-order valence-corrected chi connectivity index (χ4v) is 2.31. The molecule has 3 heteroatoms. The molecular formula is C10H12BrNO. The predicted molar refractivity (Wildman–Crippen MR) is 55.6 cm³/mol. The average molecular weight is 242 g/mol. The molecule has 2 rings (SSSR count). The lowest BCUT2D eigenvalue weighted by atomic mass is 9.98. The van der Waals surface area contributed by atoms with Gasteiger partial charge in [-0.3, -0.25) is 0 Å². The number of nitrogens with two attached hydrogens (primary N) is 1. The molecule has 1 heterocycles. The highest BCUT2D eigenvalue weighted by Gasteiger charge is 2.20. The largest absolute Gasteiger partial charge is 0.372 e. The zero-order valence-corrected chi connectivity index (χ0v) is 8.88. The van der Waals surface area contributed by atoms with Crippen LogP contribution in [-0.2, 0) is 11.2 Å².